The Balaban J connectivity index is 0.00000527. The van der Waals surface area contributed by atoms with E-state index in [0.717, 1.165) is 6.92 Å². The number of carbonyl (C=O) groups is 14. The van der Waals surface area contributed by atoms with Crippen molar-refractivity contribution in [2.45, 2.75) is 212 Å². The Morgan fingerprint density at radius 3 is 1.64 bits per heavy atom. The largest absolute Gasteiger partial charge is 0.490 e. The van der Waals surface area contributed by atoms with Crippen molar-refractivity contribution in [2.24, 2.45) is 51.8 Å². The van der Waals surface area contributed by atoms with Crippen molar-refractivity contribution >= 4 is 89.0 Å². The number of aliphatic imine (C=N–C) groups is 1. The molecule has 1 saturated heterocycles. The van der Waals surface area contributed by atoms with Gasteiger partial charge in [0, 0.05) is 6.54 Å². The number of halogens is 3. The second kappa shape index (κ2) is 45.3. The van der Waals surface area contributed by atoms with Crippen LogP contribution in [-0.2, 0) is 78.4 Å². The van der Waals surface area contributed by atoms with Gasteiger partial charge in [0.25, 0.3) is 0 Å². The van der Waals surface area contributed by atoms with Crippen molar-refractivity contribution in [2.75, 3.05) is 19.7 Å². The fourth-order valence-corrected chi connectivity index (χ4v) is 10.2. The molecule has 0 bridgehead atoms. The summed E-state index contributed by atoms with van der Waals surface area (Å²) in [7, 11) is 0. The lowest BCUT2D eigenvalue weighted by Gasteiger charge is -2.34. The number of cyclic esters (lactones) is 1. The predicted octanol–water partition coefficient (Wildman–Crippen LogP) is -2.83. The molecular weight excluding hydrogens is 1420 g/mol. The molecular formula is C68H104F3N15O21. The van der Waals surface area contributed by atoms with Crippen LogP contribution in [0.1, 0.15) is 132 Å². The molecule has 107 heavy (non-hydrogen) atoms. The summed E-state index contributed by atoms with van der Waals surface area (Å²) in [5.74, 6) is -20.8. The molecule has 0 radical (unpaired) electrons. The number of aliphatic hydroxyl groups is 4. The number of guanidine groups is 1. The molecule has 15 atom stereocenters. The zero-order valence-corrected chi connectivity index (χ0v) is 61.4. The molecule has 3 rings (SSSR count). The Labute approximate surface area is 616 Å². The summed E-state index contributed by atoms with van der Waals surface area (Å²) in [6.07, 6.45) is -14.6. The van der Waals surface area contributed by atoms with Gasteiger partial charge in [-0.3, -0.25) is 57.7 Å². The number of amides is 12. The number of primary amides is 1. The van der Waals surface area contributed by atoms with E-state index in [1.807, 2.05) is 10.6 Å². The molecule has 39 heteroatoms. The number of alkyl carbamates (subject to hydrolysis) is 1. The minimum Gasteiger partial charge on any atom is -0.475 e. The van der Waals surface area contributed by atoms with E-state index in [9.17, 15) is 81.5 Å². The lowest BCUT2D eigenvalue weighted by Crippen LogP contribution is -2.64. The van der Waals surface area contributed by atoms with E-state index in [2.05, 4.69) is 52.8 Å². The third kappa shape index (κ3) is 32.5. The highest BCUT2D eigenvalue weighted by molar-refractivity contribution is 6.00. The predicted molar refractivity (Wildman–Crippen MR) is 375 cm³/mol. The molecule has 1 fully saturated rings. The number of esters is 1. The van der Waals surface area contributed by atoms with E-state index in [4.69, 9.17) is 36.6 Å². The fourth-order valence-electron chi connectivity index (χ4n) is 10.2. The molecule has 1 aliphatic rings. The van der Waals surface area contributed by atoms with Crippen molar-refractivity contribution in [1.82, 2.24) is 58.5 Å². The van der Waals surface area contributed by atoms with Crippen LogP contribution in [0.4, 0.5) is 18.0 Å². The van der Waals surface area contributed by atoms with E-state index >= 15 is 14.4 Å². The summed E-state index contributed by atoms with van der Waals surface area (Å²) in [5, 5.41) is 78.1. The first-order valence-corrected chi connectivity index (χ1v) is 34.5. The number of nitrogens with one attached hydrogen (secondary N) is 11. The van der Waals surface area contributed by atoms with Gasteiger partial charge in [0.1, 0.15) is 61.0 Å². The summed E-state index contributed by atoms with van der Waals surface area (Å²) >= 11 is 0. The minimum absolute atomic E-state index is 0.0246. The first-order chi connectivity index (χ1) is 49.9. The minimum atomic E-state index is -5.08. The molecule has 1 unspecified atom stereocenters. The molecule has 12 amide bonds. The first kappa shape index (κ1) is 92.8. The zero-order valence-electron chi connectivity index (χ0n) is 61.4. The van der Waals surface area contributed by atoms with Crippen molar-refractivity contribution in [3.63, 3.8) is 0 Å². The maximum Gasteiger partial charge on any atom is 0.490 e. The quantitative estimate of drug-likeness (QED) is 0.0195. The maximum absolute atomic E-state index is 15.6. The maximum atomic E-state index is 15.6. The third-order valence-electron chi connectivity index (χ3n) is 16.2. The van der Waals surface area contributed by atoms with E-state index in [0.29, 0.717) is 5.56 Å². The SMILES string of the molecule is CC[C@H](C)[C@@H]1NC(=O)[C@@H](CCCN=C(N)N)NC(=O)[C@H](CC(C)C)NC(=O)[C@H]([C@H](O)C(C)C)NC(=O)[C@@H](NC(=O)[C@H](CC(C)C)NC(=O)[C@@H](CC(C)C)NC(=O)OCc2ccccc2)[C@@H](c2ccccc2)OC(=O)C(CO)NC(=O)[C@H]([C@H](O)C(N)=O)NC(=O)CNC(=O)[C@H]([C@H](C)O)NC1=O.O=C(O)C(F)(F)F. The van der Waals surface area contributed by atoms with E-state index < -0.39 is 211 Å². The van der Waals surface area contributed by atoms with Crippen LogP contribution >= 0.6 is 0 Å². The number of alkyl halides is 3. The number of benzene rings is 2. The van der Waals surface area contributed by atoms with Gasteiger partial charge in [-0.2, -0.15) is 13.2 Å². The molecule has 1 heterocycles. The Morgan fingerprint density at radius 1 is 0.626 bits per heavy atom. The topological polar surface area (TPSA) is 581 Å². The van der Waals surface area contributed by atoms with Crippen molar-refractivity contribution in [3.05, 3.63) is 71.8 Å². The number of carboxylic acid groups (broad SMARTS) is 1. The third-order valence-corrected chi connectivity index (χ3v) is 16.2. The number of ether oxygens (including phenoxy) is 2. The number of nitrogens with two attached hydrogens (primary N) is 3. The monoisotopic (exact) mass is 1520 g/mol. The number of carboxylic acids is 1. The Hall–Kier alpha value is -10.3. The Bertz CT molecular complexity index is 3350. The van der Waals surface area contributed by atoms with Crippen LogP contribution in [0.25, 0.3) is 0 Å². The number of carbonyl (C=O) groups excluding carboxylic acids is 13. The van der Waals surface area contributed by atoms with E-state index in [1.54, 1.807) is 85.7 Å². The van der Waals surface area contributed by atoms with Crippen molar-refractivity contribution in [3.8, 4) is 0 Å². The molecule has 598 valence electrons. The summed E-state index contributed by atoms with van der Waals surface area (Å²) in [6, 6.07) is -2.82. The molecule has 1 aliphatic heterocycles. The van der Waals surface area contributed by atoms with Gasteiger partial charge in [-0.1, -0.05) is 136 Å². The van der Waals surface area contributed by atoms with Gasteiger partial charge in [-0.05, 0) is 79.7 Å². The molecule has 36 nitrogen and oxygen atoms in total. The molecule has 0 aromatic heterocycles. The zero-order chi connectivity index (χ0) is 81.3. The van der Waals surface area contributed by atoms with Crippen LogP contribution in [0.15, 0.2) is 65.7 Å². The number of aliphatic hydroxyl groups excluding tert-OH is 4. The number of hydrogen-bond donors (Lipinski definition) is 19. The number of aliphatic carboxylic acids is 1. The van der Waals surface area contributed by atoms with Gasteiger partial charge in [-0.15, -0.1) is 0 Å². The highest BCUT2D eigenvalue weighted by atomic mass is 19.4. The summed E-state index contributed by atoms with van der Waals surface area (Å²) in [5.41, 5.74) is 17.0. The second-order valence-electron chi connectivity index (χ2n) is 27.0. The van der Waals surface area contributed by atoms with Crippen LogP contribution in [0, 0.1) is 29.6 Å². The van der Waals surface area contributed by atoms with Gasteiger partial charge in [0.05, 0.1) is 25.4 Å². The summed E-state index contributed by atoms with van der Waals surface area (Å²) in [6.45, 7) is 14.9. The summed E-state index contributed by atoms with van der Waals surface area (Å²) in [4.78, 5) is 198. The van der Waals surface area contributed by atoms with Crippen LogP contribution in [-0.4, -0.2) is 219 Å². The van der Waals surface area contributed by atoms with Gasteiger partial charge >= 0.3 is 24.2 Å². The standard InChI is InChI=1S/C66H103N15O19.C2HF3O2/c1-12-36(10)46-60(93)79-47(37(11)83)59(92)71-29-45(84)77-49(52(86)54(67)87)62(95)75-44(30-82)64(97)100-53(39-22-17-14-18-23-39)50(81-58(91)42(27-33(4)5)73-57(90)43(28-34(6)7)76-66(98)99-31-38-20-15-13-16-21-38)63(96)80-48(51(85)35(8)9)61(94)74-41(26-32(2)3)56(89)72-40(55(88)78-46)24-19-25-70-65(68)69;3-2(4,5)1(6)7/h13-18,20-23,32-37,40-44,46-53,82-83,85-86H,12,19,24-31H2,1-11H3,(H2,67,87)(H,71,92)(H,72,89)(H,73,90)(H,74,94)(H,75,95)(H,76,98)(H,77,84)(H,78,88)(H,79,93)(H,80,96)(H,81,91)(H4,68,69,70);(H,6,7)/t36-,37-,40+,41-,42-,43+,44?,46-,47-,48-,49-,50-,51+,52-,53+;/m0./s1. The molecule has 0 aliphatic carbocycles. The van der Waals surface area contributed by atoms with Crippen molar-refractivity contribution in [1.29, 1.82) is 0 Å². The first-order valence-electron chi connectivity index (χ1n) is 34.5. The average Bonchev–Trinajstić information content (AvgIpc) is 0.809. The lowest BCUT2D eigenvalue weighted by atomic mass is 9.95. The molecule has 2 aromatic rings. The average molecular weight is 1520 g/mol. The second-order valence-corrected chi connectivity index (χ2v) is 27.0. The van der Waals surface area contributed by atoms with Gasteiger partial charge in [-0.25, -0.2) is 14.4 Å². The van der Waals surface area contributed by atoms with Gasteiger partial charge in [0.15, 0.2) is 24.2 Å². The Kier molecular flexibility index (Phi) is 39.3. The molecule has 2 aromatic carbocycles. The number of nitrogens with zero attached hydrogens (tertiary/aromatic N) is 1. The smallest absolute Gasteiger partial charge is 0.475 e. The van der Waals surface area contributed by atoms with Crippen LogP contribution in [0.5, 0.6) is 0 Å². The van der Waals surface area contributed by atoms with Gasteiger partial charge in [0.2, 0.25) is 65.0 Å². The Morgan fingerprint density at radius 2 is 1.13 bits per heavy atom. The van der Waals surface area contributed by atoms with Crippen LogP contribution < -0.4 is 75.7 Å². The highest BCUT2D eigenvalue weighted by Crippen LogP contribution is 2.25. The molecule has 0 saturated carbocycles. The van der Waals surface area contributed by atoms with E-state index in [-0.39, 0.29) is 69.1 Å². The lowest BCUT2D eigenvalue weighted by molar-refractivity contribution is -0.192. The normalized spacial score (nSPS) is 22.5. The van der Waals surface area contributed by atoms with Crippen LogP contribution in [0.3, 0.4) is 0 Å². The molecule has 0 spiro atoms. The van der Waals surface area contributed by atoms with Crippen molar-refractivity contribution < 1.29 is 115 Å². The molecule has 22 N–H and O–H groups in total. The van der Waals surface area contributed by atoms with E-state index in [1.165, 1.54) is 44.2 Å². The fraction of sp³-hybridized carbons (Fsp3) is 0.603. The van der Waals surface area contributed by atoms with Crippen LogP contribution in [0.2, 0.25) is 0 Å². The van der Waals surface area contributed by atoms with Gasteiger partial charge < -0.3 is 111 Å². The summed E-state index contributed by atoms with van der Waals surface area (Å²) < 4.78 is 43.1. The number of hydrogen-bond acceptors (Lipinski definition) is 21. The number of rotatable bonds is 26. The highest BCUT2D eigenvalue weighted by Gasteiger charge is 2.44.